The molecule has 0 aliphatic carbocycles. The zero-order valence-corrected chi connectivity index (χ0v) is 23.3. The van der Waals surface area contributed by atoms with E-state index in [1.165, 1.54) is 36.5 Å². The van der Waals surface area contributed by atoms with Crippen molar-refractivity contribution in [3.8, 4) is 17.0 Å². The number of benzene rings is 2. The van der Waals surface area contributed by atoms with Gasteiger partial charge in [-0.3, -0.25) is 10.1 Å². The molecule has 10 heteroatoms. The number of nitrogens with one attached hydrogen (secondary N) is 1. The highest BCUT2D eigenvalue weighted by Gasteiger charge is 2.18. The number of carbonyl (C=O) groups is 2. The molecule has 1 amide bonds. The van der Waals surface area contributed by atoms with Gasteiger partial charge in [0.2, 0.25) is 0 Å². The molecule has 0 bridgehead atoms. The van der Waals surface area contributed by atoms with Crippen LogP contribution in [0.5, 0.6) is 5.75 Å². The van der Waals surface area contributed by atoms with E-state index in [2.05, 4.69) is 24.1 Å². The quantitative estimate of drug-likeness (QED) is 0.234. The number of amides is 1. The lowest BCUT2D eigenvalue weighted by Gasteiger charge is -2.16. The Bertz CT molecular complexity index is 1300. The van der Waals surface area contributed by atoms with Gasteiger partial charge >= 0.3 is 5.97 Å². The van der Waals surface area contributed by atoms with Crippen molar-refractivity contribution in [1.29, 1.82) is 0 Å². The number of para-hydroxylation sites is 1. The summed E-state index contributed by atoms with van der Waals surface area (Å²) in [4.78, 5) is 28.6. The number of nitrogens with zero attached hydrogens (tertiary/aromatic N) is 1. The Morgan fingerprint density at radius 1 is 1.24 bits per heavy atom. The highest BCUT2D eigenvalue weighted by Crippen LogP contribution is 2.36. The minimum Gasteiger partial charge on any atom is -0.496 e. The minimum absolute atomic E-state index is 0.0675. The number of hydrogen-bond acceptors (Lipinski definition) is 6. The van der Waals surface area contributed by atoms with Gasteiger partial charge in [-0.2, -0.15) is 0 Å². The molecule has 2 aromatic carbocycles. The van der Waals surface area contributed by atoms with E-state index in [0.717, 1.165) is 24.0 Å². The lowest BCUT2D eigenvalue weighted by molar-refractivity contribution is -0.132. The largest absolute Gasteiger partial charge is 0.496 e. The van der Waals surface area contributed by atoms with E-state index >= 15 is 0 Å². The molecule has 1 unspecified atom stereocenters. The molecule has 0 aliphatic heterocycles. The lowest BCUT2D eigenvalue weighted by Crippen LogP contribution is -2.12. The molecule has 2 N–H and O–H groups in total. The van der Waals surface area contributed by atoms with Crippen LogP contribution < -0.4 is 10.1 Å². The first-order valence-corrected chi connectivity index (χ1v) is 13.2. The SMILES string of the molecule is CCCC(C)OCc1cccc(-c2csc(NC(=O)c3cc(Cl)c(/C=C(\C)C(=O)O)c(Cl)c3)n2)c1OC. The van der Waals surface area contributed by atoms with Crippen LogP contribution in [0.4, 0.5) is 5.13 Å². The first-order chi connectivity index (χ1) is 17.6. The standard InChI is InChI=1S/C27H28Cl2N2O5S/c1-5-7-16(3)36-13-17-8-6-9-19(24(17)35-4)23-14-37-27(30-23)31-25(32)18-11-21(28)20(22(29)12-18)10-15(2)26(33)34/h6,8-12,14,16H,5,7,13H2,1-4H3,(H,33,34)(H,30,31,32)/b15-10+. The van der Waals surface area contributed by atoms with E-state index in [1.54, 1.807) is 7.11 Å². The smallest absolute Gasteiger partial charge is 0.331 e. The van der Waals surface area contributed by atoms with Crippen molar-refractivity contribution in [3.05, 3.63) is 68.0 Å². The van der Waals surface area contributed by atoms with Crippen LogP contribution in [-0.4, -0.2) is 35.2 Å². The zero-order valence-electron chi connectivity index (χ0n) is 20.9. The molecule has 1 heterocycles. The molecule has 0 aliphatic rings. The van der Waals surface area contributed by atoms with E-state index in [0.29, 0.717) is 28.7 Å². The fraction of sp³-hybridized carbons (Fsp3) is 0.296. The van der Waals surface area contributed by atoms with Crippen molar-refractivity contribution in [2.24, 2.45) is 0 Å². The van der Waals surface area contributed by atoms with Gasteiger partial charge in [-0.15, -0.1) is 11.3 Å². The molecule has 0 fully saturated rings. The van der Waals surface area contributed by atoms with Gasteiger partial charge in [0.25, 0.3) is 5.91 Å². The number of anilines is 1. The number of ether oxygens (including phenoxy) is 2. The van der Waals surface area contributed by atoms with Gasteiger partial charge in [0.05, 0.1) is 35.6 Å². The van der Waals surface area contributed by atoms with E-state index in [1.807, 2.05) is 23.6 Å². The lowest BCUT2D eigenvalue weighted by atomic mass is 10.1. The third-order valence-corrected chi connectivity index (χ3v) is 6.94. The first-order valence-electron chi connectivity index (χ1n) is 11.6. The van der Waals surface area contributed by atoms with Crippen LogP contribution in [-0.2, 0) is 16.1 Å². The van der Waals surface area contributed by atoms with Crippen LogP contribution >= 0.6 is 34.5 Å². The molecule has 0 saturated carbocycles. The van der Waals surface area contributed by atoms with Gasteiger partial charge in [0.15, 0.2) is 5.13 Å². The highest BCUT2D eigenvalue weighted by atomic mass is 35.5. The molecule has 196 valence electrons. The second-order valence-corrected chi connectivity index (χ2v) is 10.1. The second kappa shape index (κ2) is 13.1. The molecule has 3 rings (SSSR count). The van der Waals surface area contributed by atoms with Gasteiger partial charge in [-0.05, 0) is 44.5 Å². The Hall–Kier alpha value is -2.91. The van der Waals surface area contributed by atoms with Gasteiger partial charge in [-0.1, -0.05) is 48.7 Å². The van der Waals surface area contributed by atoms with Crippen molar-refractivity contribution in [2.45, 2.75) is 46.3 Å². The average molecular weight is 564 g/mol. The van der Waals surface area contributed by atoms with Crippen molar-refractivity contribution < 1.29 is 24.2 Å². The van der Waals surface area contributed by atoms with Gasteiger partial charge in [-0.25, -0.2) is 9.78 Å². The van der Waals surface area contributed by atoms with Crippen LogP contribution in [0.1, 0.15) is 55.1 Å². The number of halogens is 2. The summed E-state index contributed by atoms with van der Waals surface area (Å²) in [7, 11) is 1.61. The summed E-state index contributed by atoms with van der Waals surface area (Å²) >= 11 is 13.8. The van der Waals surface area contributed by atoms with E-state index < -0.39 is 11.9 Å². The number of hydrogen-bond donors (Lipinski definition) is 2. The van der Waals surface area contributed by atoms with Crippen molar-refractivity contribution in [3.63, 3.8) is 0 Å². The molecule has 0 saturated heterocycles. The summed E-state index contributed by atoms with van der Waals surface area (Å²) in [5.74, 6) is -0.864. The van der Waals surface area contributed by atoms with Crippen LogP contribution in [0.15, 0.2) is 41.3 Å². The minimum atomic E-state index is -1.09. The molecule has 1 aromatic heterocycles. The molecule has 1 atom stereocenters. The number of carboxylic acids is 1. The molecule has 0 radical (unpaired) electrons. The van der Waals surface area contributed by atoms with Crippen LogP contribution in [0.25, 0.3) is 17.3 Å². The molecule has 37 heavy (non-hydrogen) atoms. The van der Waals surface area contributed by atoms with Gasteiger partial charge in [0.1, 0.15) is 5.75 Å². The number of thiazole rings is 1. The summed E-state index contributed by atoms with van der Waals surface area (Å²) in [5, 5.41) is 14.4. The number of aromatic nitrogens is 1. The van der Waals surface area contributed by atoms with E-state index in [4.69, 9.17) is 37.8 Å². The van der Waals surface area contributed by atoms with Crippen LogP contribution in [0.3, 0.4) is 0 Å². The predicted octanol–water partition coefficient (Wildman–Crippen LogP) is 7.57. The number of carboxylic acid groups (broad SMARTS) is 1. The second-order valence-electron chi connectivity index (χ2n) is 8.39. The molecule has 0 spiro atoms. The summed E-state index contributed by atoms with van der Waals surface area (Å²) < 4.78 is 11.6. The van der Waals surface area contributed by atoms with Crippen molar-refractivity contribution in [1.82, 2.24) is 4.98 Å². The van der Waals surface area contributed by atoms with Gasteiger partial charge in [0, 0.05) is 33.2 Å². The maximum atomic E-state index is 12.9. The summed E-state index contributed by atoms with van der Waals surface area (Å²) in [6.07, 6.45) is 3.54. The number of methoxy groups -OCH3 is 1. The maximum absolute atomic E-state index is 12.9. The third-order valence-electron chi connectivity index (χ3n) is 5.56. The van der Waals surface area contributed by atoms with Crippen LogP contribution in [0.2, 0.25) is 10.0 Å². The van der Waals surface area contributed by atoms with E-state index in [9.17, 15) is 9.59 Å². The fourth-order valence-corrected chi connectivity index (χ4v) is 4.92. The summed E-state index contributed by atoms with van der Waals surface area (Å²) in [6, 6.07) is 8.66. The normalized spacial score (nSPS) is 12.3. The highest BCUT2D eigenvalue weighted by molar-refractivity contribution is 7.14. The number of rotatable bonds is 11. The Balaban J connectivity index is 1.79. The predicted molar refractivity (Wildman–Crippen MR) is 149 cm³/mol. The maximum Gasteiger partial charge on any atom is 0.331 e. The number of carbonyl (C=O) groups excluding carboxylic acids is 1. The average Bonchev–Trinajstić information content (AvgIpc) is 3.32. The fourth-order valence-electron chi connectivity index (χ4n) is 3.62. The van der Waals surface area contributed by atoms with E-state index in [-0.39, 0.29) is 27.3 Å². The summed E-state index contributed by atoms with van der Waals surface area (Å²) in [5.41, 5.74) is 2.97. The van der Waals surface area contributed by atoms with Crippen LogP contribution in [0, 0.1) is 0 Å². The monoisotopic (exact) mass is 562 g/mol. The van der Waals surface area contributed by atoms with Gasteiger partial charge < -0.3 is 14.6 Å². The zero-order chi connectivity index (χ0) is 27.1. The Morgan fingerprint density at radius 2 is 1.95 bits per heavy atom. The topological polar surface area (TPSA) is 97.8 Å². The summed E-state index contributed by atoms with van der Waals surface area (Å²) in [6.45, 7) is 6.03. The Labute approximate surface area is 230 Å². The third kappa shape index (κ3) is 7.32. The molecular weight excluding hydrogens is 535 g/mol. The Morgan fingerprint density at radius 3 is 2.57 bits per heavy atom. The van der Waals surface area contributed by atoms with Crippen molar-refractivity contribution >= 4 is 57.6 Å². The number of aliphatic carboxylic acids is 1. The Kier molecular flexibility index (Phi) is 10.1. The van der Waals surface area contributed by atoms with Crippen molar-refractivity contribution in [2.75, 3.05) is 12.4 Å². The molecule has 3 aromatic rings. The molecular formula is C27H28Cl2N2O5S. The first kappa shape index (κ1) is 28.7. The molecule has 7 nitrogen and oxygen atoms in total.